The standard InChI is InChI=1S/C21H29N3O2/c1-14(25)22-23-19(26)21-10-11-24(13-15-8-9-15)18(12-21)20(2,3)16-6-4-5-7-17(16)21/h4-7,15,18H,8-13H2,1-3H3,(H,22,25)(H,23,26). The number of carbonyl (C=O) groups excluding carboxylic acids is 2. The number of piperidine rings is 1. The lowest BCUT2D eigenvalue weighted by Crippen LogP contribution is -2.65. The van der Waals surface area contributed by atoms with Crippen LogP contribution in [0.2, 0.25) is 0 Å². The number of carbonyl (C=O) groups is 2. The van der Waals surface area contributed by atoms with Crippen LogP contribution in [0.15, 0.2) is 24.3 Å². The van der Waals surface area contributed by atoms with E-state index >= 15 is 0 Å². The van der Waals surface area contributed by atoms with Crippen LogP contribution >= 0.6 is 0 Å². The van der Waals surface area contributed by atoms with Crippen LogP contribution in [0.5, 0.6) is 0 Å². The van der Waals surface area contributed by atoms with E-state index in [-0.39, 0.29) is 17.2 Å². The Hall–Kier alpha value is -1.88. The highest BCUT2D eigenvalue weighted by molar-refractivity contribution is 5.91. The van der Waals surface area contributed by atoms with Gasteiger partial charge in [0.2, 0.25) is 11.8 Å². The van der Waals surface area contributed by atoms with E-state index in [2.05, 4.69) is 47.8 Å². The van der Waals surface area contributed by atoms with Crippen LogP contribution in [0.1, 0.15) is 57.6 Å². The summed E-state index contributed by atoms with van der Waals surface area (Å²) in [4.78, 5) is 27.1. The molecule has 140 valence electrons. The van der Waals surface area contributed by atoms with Crippen LogP contribution in [0.3, 0.4) is 0 Å². The Kier molecular flexibility index (Phi) is 4.10. The van der Waals surface area contributed by atoms with Crippen molar-refractivity contribution < 1.29 is 9.59 Å². The van der Waals surface area contributed by atoms with Crippen molar-refractivity contribution in [2.24, 2.45) is 5.92 Å². The molecule has 1 saturated heterocycles. The molecule has 1 aliphatic heterocycles. The number of benzene rings is 1. The third-order valence-electron chi connectivity index (χ3n) is 6.75. The number of fused-ring (bicyclic) bond motifs is 4. The Balaban J connectivity index is 1.74. The summed E-state index contributed by atoms with van der Waals surface area (Å²) in [6.07, 6.45) is 4.30. The van der Waals surface area contributed by atoms with Crippen LogP contribution < -0.4 is 10.9 Å². The van der Waals surface area contributed by atoms with Crippen LogP contribution in [-0.2, 0) is 20.4 Å². The molecule has 2 unspecified atom stereocenters. The van der Waals surface area contributed by atoms with E-state index in [9.17, 15) is 9.59 Å². The SMILES string of the molecule is CC(=O)NNC(=O)C12CCN(CC3CC3)C(C1)C(C)(C)c1ccccc12. The van der Waals surface area contributed by atoms with Crippen LogP contribution in [0.25, 0.3) is 0 Å². The molecule has 0 spiro atoms. The van der Waals surface area contributed by atoms with Crippen LogP contribution in [0.4, 0.5) is 0 Å². The third-order valence-corrected chi connectivity index (χ3v) is 6.75. The predicted octanol–water partition coefficient (Wildman–Crippen LogP) is 2.26. The normalized spacial score (nSPS) is 29.6. The molecule has 5 heteroatoms. The van der Waals surface area contributed by atoms with E-state index in [0.29, 0.717) is 6.04 Å². The Morgan fingerprint density at radius 2 is 1.85 bits per heavy atom. The molecule has 3 aliphatic rings. The fraction of sp³-hybridized carbons (Fsp3) is 0.619. The zero-order chi connectivity index (χ0) is 18.5. The van der Waals surface area contributed by atoms with Gasteiger partial charge in [-0.25, -0.2) is 0 Å². The number of hydrazine groups is 1. The molecule has 2 amide bonds. The second-order valence-corrected chi connectivity index (χ2v) is 8.89. The minimum atomic E-state index is -0.556. The monoisotopic (exact) mass is 355 g/mol. The van der Waals surface area contributed by atoms with Gasteiger partial charge in [0.1, 0.15) is 0 Å². The number of nitrogens with one attached hydrogen (secondary N) is 2. The van der Waals surface area contributed by atoms with Gasteiger partial charge in [0.25, 0.3) is 0 Å². The summed E-state index contributed by atoms with van der Waals surface area (Å²) in [5, 5.41) is 0. The van der Waals surface area contributed by atoms with Crippen LogP contribution in [-0.4, -0.2) is 35.8 Å². The molecule has 0 radical (unpaired) electrons. The number of nitrogens with zero attached hydrogens (tertiary/aromatic N) is 1. The van der Waals surface area contributed by atoms with Crippen molar-refractivity contribution in [2.75, 3.05) is 13.1 Å². The summed E-state index contributed by atoms with van der Waals surface area (Å²) in [6.45, 7) is 8.14. The van der Waals surface area contributed by atoms with Crippen molar-refractivity contribution >= 4 is 11.8 Å². The van der Waals surface area contributed by atoms with Crippen molar-refractivity contribution in [2.45, 2.75) is 63.3 Å². The largest absolute Gasteiger partial charge is 0.299 e. The van der Waals surface area contributed by atoms with Gasteiger partial charge in [0.15, 0.2) is 0 Å². The molecule has 1 aromatic rings. The van der Waals surface area contributed by atoms with Gasteiger partial charge in [-0.3, -0.25) is 25.3 Å². The maximum Gasteiger partial charge on any atom is 0.249 e. The lowest BCUT2D eigenvalue weighted by Gasteiger charge is -2.57. The summed E-state index contributed by atoms with van der Waals surface area (Å²) < 4.78 is 0. The molecule has 5 nitrogen and oxygen atoms in total. The summed E-state index contributed by atoms with van der Waals surface area (Å²) in [6, 6.07) is 8.74. The Labute approximate surface area is 155 Å². The van der Waals surface area contributed by atoms with E-state index in [1.165, 1.54) is 25.3 Å². The Morgan fingerprint density at radius 3 is 2.50 bits per heavy atom. The zero-order valence-corrected chi connectivity index (χ0v) is 16.0. The van der Waals surface area contributed by atoms with E-state index in [1.54, 1.807) is 0 Å². The van der Waals surface area contributed by atoms with Crippen molar-refractivity contribution in [3.8, 4) is 0 Å². The molecular weight excluding hydrogens is 326 g/mol. The zero-order valence-electron chi connectivity index (χ0n) is 16.0. The highest BCUT2D eigenvalue weighted by Crippen LogP contribution is 2.52. The van der Waals surface area contributed by atoms with E-state index in [0.717, 1.165) is 37.4 Å². The fourth-order valence-corrected chi connectivity index (χ4v) is 5.09. The lowest BCUT2D eigenvalue weighted by molar-refractivity contribution is -0.135. The predicted molar refractivity (Wildman–Crippen MR) is 100 cm³/mol. The summed E-state index contributed by atoms with van der Waals surface area (Å²) >= 11 is 0. The molecule has 0 aromatic heterocycles. The van der Waals surface area contributed by atoms with Crippen molar-refractivity contribution in [1.29, 1.82) is 0 Å². The van der Waals surface area contributed by atoms with Crippen LogP contribution in [0, 0.1) is 5.92 Å². The van der Waals surface area contributed by atoms with Gasteiger partial charge in [-0.15, -0.1) is 0 Å². The number of likely N-dealkylation sites (tertiary alicyclic amines) is 1. The first-order valence-corrected chi connectivity index (χ1v) is 9.76. The summed E-state index contributed by atoms with van der Waals surface area (Å²) in [7, 11) is 0. The first-order chi connectivity index (χ1) is 12.3. The average Bonchev–Trinajstić information content (AvgIpc) is 3.43. The van der Waals surface area contributed by atoms with Gasteiger partial charge >= 0.3 is 0 Å². The first kappa shape index (κ1) is 17.5. The van der Waals surface area contributed by atoms with Gasteiger partial charge in [0, 0.05) is 24.9 Å². The van der Waals surface area contributed by atoms with Gasteiger partial charge < -0.3 is 0 Å². The second-order valence-electron chi connectivity index (χ2n) is 8.89. The topological polar surface area (TPSA) is 61.4 Å². The van der Waals surface area contributed by atoms with Gasteiger partial charge in [-0.05, 0) is 49.3 Å². The minimum absolute atomic E-state index is 0.00366. The molecule has 1 aromatic carbocycles. The van der Waals surface area contributed by atoms with Crippen molar-refractivity contribution in [3.63, 3.8) is 0 Å². The molecule has 4 rings (SSSR count). The third kappa shape index (κ3) is 2.73. The van der Waals surface area contributed by atoms with E-state index < -0.39 is 5.41 Å². The van der Waals surface area contributed by atoms with Crippen molar-refractivity contribution in [3.05, 3.63) is 35.4 Å². The summed E-state index contributed by atoms with van der Waals surface area (Å²) in [5.74, 6) is 0.511. The lowest BCUT2D eigenvalue weighted by atomic mass is 9.55. The summed E-state index contributed by atoms with van der Waals surface area (Å²) in [5.41, 5.74) is 7.03. The molecule has 2 atom stereocenters. The Morgan fingerprint density at radius 1 is 1.15 bits per heavy atom. The maximum absolute atomic E-state index is 13.2. The Bertz CT molecular complexity index is 741. The number of hydrogen-bond donors (Lipinski definition) is 2. The highest BCUT2D eigenvalue weighted by atomic mass is 16.2. The molecule has 1 heterocycles. The van der Waals surface area contributed by atoms with E-state index in [4.69, 9.17) is 0 Å². The highest BCUT2D eigenvalue weighted by Gasteiger charge is 2.56. The quantitative estimate of drug-likeness (QED) is 0.818. The number of amides is 2. The average molecular weight is 355 g/mol. The van der Waals surface area contributed by atoms with Gasteiger partial charge in [-0.1, -0.05) is 38.1 Å². The maximum atomic E-state index is 13.2. The molecule has 2 N–H and O–H groups in total. The van der Waals surface area contributed by atoms with E-state index in [1.807, 2.05) is 6.07 Å². The molecule has 26 heavy (non-hydrogen) atoms. The molecule has 2 aliphatic carbocycles. The number of rotatable bonds is 3. The minimum Gasteiger partial charge on any atom is -0.299 e. The molecule has 2 bridgehead atoms. The second kappa shape index (κ2) is 6.08. The fourth-order valence-electron chi connectivity index (χ4n) is 5.09. The van der Waals surface area contributed by atoms with Gasteiger partial charge in [0.05, 0.1) is 5.41 Å². The smallest absolute Gasteiger partial charge is 0.249 e. The molecule has 1 saturated carbocycles. The van der Waals surface area contributed by atoms with Gasteiger partial charge in [-0.2, -0.15) is 0 Å². The molecular formula is C21H29N3O2. The van der Waals surface area contributed by atoms with Crippen molar-refractivity contribution in [1.82, 2.24) is 15.8 Å². The molecule has 2 fully saturated rings. The first-order valence-electron chi connectivity index (χ1n) is 9.76. The number of hydrogen-bond acceptors (Lipinski definition) is 3.